The van der Waals surface area contributed by atoms with Crippen molar-refractivity contribution in [2.75, 3.05) is 5.43 Å². The van der Waals surface area contributed by atoms with Crippen molar-refractivity contribution >= 4 is 27.7 Å². The lowest BCUT2D eigenvalue weighted by molar-refractivity contribution is 0.0962. The highest BCUT2D eigenvalue weighted by Crippen LogP contribution is 2.09. The Morgan fingerprint density at radius 2 is 1.89 bits per heavy atom. The van der Waals surface area contributed by atoms with Crippen molar-refractivity contribution in [1.82, 2.24) is 10.4 Å². The van der Waals surface area contributed by atoms with Crippen molar-refractivity contribution < 1.29 is 4.79 Å². The summed E-state index contributed by atoms with van der Waals surface area (Å²) in [6.07, 6.45) is 1.65. The monoisotopic (exact) mass is 305 g/mol. The molecule has 0 saturated heterocycles. The average molecular weight is 306 g/mol. The summed E-state index contributed by atoms with van der Waals surface area (Å²) in [6.45, 7) is 1.98. The van der Waals surface area contributed by atoms with Crippen molar-refractivity contribution in [2.45, 2.75) is 6.92 Å². The van der Waals surface area contributed by atoms with E-state index in [1.54, 1.807) is 24.4 Å². The number of hydrogen-bond acceptors (Lipinski definition) is 3. The quantitative estimate of drug-likeness (QED) is 0.857. The maximum atomic E-state index is 11.8. The van der Waals surface area contributed by atoms with Gasteiger partial charge < -0.3 is 0 Å². The van der Waals surface area contributed by atoms with Crippen molar-refractivity contribution in [3.05, 3.63) is 58.2 Å². The van der Waals surface area contributed by atoms with Crippen LogP contribution in [-0.2, 0) is 0 Å². The third-order valence-electron chi connectivity index (χ3n) is 2.35. The van der Waals surface area contributed by atoms with Crippen molar-refractivity contribution in [2.24, 2.45) is 0 Å². The van der Waals surface area contributed by atoms with Gasteiger partial charge in [-0.15, -0.1) is 0 Å². The molecule has 2 N–H and O–H groups in total. The maximum absolute atomic E-state index is 11.8. The molecule has 0 aliphatic carbocycles. The van der Waals surface area contributed by atoms with Gasteiger partial charge in [-0.1, -0.05) is 17.7 Å². The molecule has 0 fully saturated rings. The molecule has 0 bridgehead atoms. The Balaban J connectivity index is 1.96. The van der Waals surface area contributed by atoms with Crippen molar-refractivity contribution in [3.8, 4) is 0 Å². The topological polar surface area (TPSA) is 54.0 Å². The lowest BCUT2D eigenvalue weighted by Crippen LogP contribution is -2.29. The summed E-state index contributed by atoms with van der Waals surface area (Å²) in [6, 6.07) is 11.0. The Morgan fingerprint density at radius 3 is 2.50 bits per heavy atom. The lowest BCUT2D eigenvalue weighted by atomic mass is 10.1. The maximum Gasteiger partial charge on any atom is 0.269 e. The second kappa shape index (κ2) is 5.64. The second-order valence-electron chi connectivity index (χ2n) is 3.81. The van der Waals surface area contributed by atoms with Crippen LogP contribution < -0.4 is 10.9 Å². The molecule has 4 nitrogen and oxygen atoms in total. The zero-order valence-corrected chi connectivity index (χ0v) is 11.4. The number of nitrogens with one attached hydrogen (secondary N) is 2. The number of hydrogen-bond donors (Lipinski definition) is 2. The molecular formula is C13H12BrN3O. The predicted octanol–water partition coefficient (Wildman–Crippen LogP) is 2.91. The molecule has 2 rings (SSSR count). The molecule has 1 amide bonds. The number of carbonyl (C=O) groups excluding carboxylic acids is 1. The van der Waals surface area contributed by atoms with Gasteiger partial charge in [0.25, 0.3) is 5.91 Å². The number of benzene rings is 1. The second-order valence-corrected chi connectivity index (χ2v) is 4.72. The zero-order valence-electron chi connectivity index (χ0n) is 9.77. The number of amides is 1. The van der Waals surface area contributed by atoms with Gasteiger partial charge in [0.2, 0.25) is 0 Å². The summed E-state index contributed by atoms with van der Waals surface area (Å²) >= 11 is 3.29. The molecule has 2 aromatic rings. The molecule has 1 heterocycles. The summed E-state index contributed by atoms with van der Waals surface area (Å²) < 4.78 is 0.887. The molecule has 1 aromatic heterocycles. The highest BCUT2D eigenvalue weighted by molar-refractivity contribution is 9.10. The van der Waals surface area contributed by atoms with Gasteiger partial charge in [0.05, 0.1) is 0 Å². The summed E-state index contributed by atoms with van der Waals surface area (Å²) in [5, 5.41) is 0. The molecule has 92 valence electrons. The van der Waals surface area contributed by atoms with E-state index in [2.05, 4.69) is 31.8 Å². The fourth-order valence-corrected chi connectivity index (χ4v) is 1.58. The van der Waals surface area contributed by atoms with E-state index < -0.39 is 0 Å². The van der Waals surface area contributed by atoms with E-state index in [0.29, 0.717) is 11.4 Å². The highest BCUT2D eigenvalue weighted by atomic mass is 79.9. The van der Waals surface area contributed by atoms with Gasteiger partial charge in [0.1, 0.15) is 5.82 Å². The molecule has 0 saturated carbocycles. The third kappa shape index (κ3) is 3.30. The zero-order chi connectivity index (χ0) is 13.0. The van der Waals surface area contributed by atoms with Gasteiger partial charge >= 0.3 is 0 Å². The Labute approximate surface area is 114 Å². The van der Waals surface area contributed by atoms with Gasteiger partial charge in [0.15, 0.2) is 0 Å². The number of nitrogens with zero attached hydrogens (tertiary/aromatic N) is 1. The minimum Gasteiger partial charge on any atom is -0.282 e. The Hall–Kier alpha value is -1.88. The number of aryl methyl sites for hydroxylation is 1. The van der Waals surface area contributed by atoms with Crippen LogP contribution in [0.1, 0.15) is 15.9 Å². The van der Waals surface area contributed by atoms with Crippen LogP contribution in [0, 0.1) is 6.92 Å². The molecule has 1 aromatic carbocycles. The SMILES string of the molecule is Cc1ccc(C(=O)NNc2ccc(Br)cn2)cc1. The fourth-order valence-electron chi connectivity index (χ4n) is 1.35. The Bertz CT molecular complexity index is 537. The van der Waals surface area contributed by atoms with Crippen molar-refractivity contribution in [3.63, 3.8) is 0 Å². The molecule has 0 unspecified atom stereocenters. The first kappa shape index (κ1) is 12.6. The van der Waals surface area contributed by atoms with Gasteiger partial charge in [-0.3, -0.25) is 15.6 Å². The predicted molar refractivity (Wildman–Crippen MR) is 74.2 cm³/mol. The van der Waals surface area contributed by atoms with E-state index in [1.807, 2.05) is 25.1 Å². The Kier molecular flexibility index (Phi) is 3.94. The average Bonchev–Trinajstić information content (AvgIpc) is 2.38. The fraction of sp³-hybridized carbons (Fsp3) is 0.0769. The molecular weight excluding hydrogens is 294 g/mol. The number of aromatic nitrogens is 1. The molecule has 5 heteroatoms. The summed E-state index contributed by atoms with van der Waals surface area (Å²) in [4.78, 5) is 15.9. The van der Waals surface area contributed by atoms with E-state index in [4.69, 9.17) is 0 Å². The van der Waals surface area contributed by atoms with Crippen LogP contribution in [-0.4, -0.2) is 10.9 Å². The van der Waals surface area contributed by atoms with Crippen LogP contribution in [0.5, 0.6) is 0 Å². The molecule has 0 aliphatic heterocycles. The van der Waals surface area contributed by atoms with E-state index in [1.165, 1.54) is 0 Å². The highest BCUT2D eigenvalue weighted by Gasteiger charge is 2.04. The van der Waals surface area contributed by atoms with E-state index in [-0.39, 0.29) is 5.91 Å². The standard InChI is InChI=1S/C13H12BrN3O/c1-9-2-4-10(5-3-9)13(18)17-16-12-7-6-11(14)8-15-12/h2-8H,1H3,(H,15,16)(H,17,18). The van der Waals surface area contributed by atoms with Gasteiger partial charge in [-0.25, -0.2) is 4.98 Å². The van der Waals surface area contributed by atoms with Gasteiger partial charge in [0, 0.05) is 16.2 Å². The van der Waals surface area contributed by atoms with E-state index in [0.717, 1.165) is 10.0 Å². The van der Waals surface area contributed by atoms with Gasteiger partial charge in [-0.2, -0.15) is 0 Å². The normalized spacial score (nSPS) is 9.89. The van der Waals surface area contributed by atoms with Crippen LogP contribution in [0.2, 0.25) is 0 Å². The van der Waals surface area contributed by atoms with Crippen molar-refractivity contribution in [1.29, 1.82) is 0 Å². The third-order valence-corrected chi connectivity index (χ3v) is 2.81. The van der Waals surface area contributed by atoms with E-state index in [9.17, 15) is 4.79 Å². The first-order chi connectivity index (χ1) is 8.65. The van der Waals surface area contributed by atoms with Crippen LogP contribution in [0.4, 0.5) is 5.82 Å². The molecule has 0 aliphatic rings. The Morgan fingerprint density at radius 1 is 1.17 bits per heavy atom. The van der Waals surface area contributed by atoms with Crippen LogP contribution >= 0.6 is 15.9 Å². The summed E-state index contributed by atoms with van der Waals surface area (Å²) in [5.41, 5.74) is 7.06. The number of pyridine rings is 1. The van der Waals surface area contributed by atoms with Crippen LogP contribution in [0.25, 0.3) is 0 Å². The minimum absolute atomic E-state index is 0.195. The molecule has 18 heavy (non-hydrogen) atoms. The molecule has 0 atom stereocenters. The van der Waals surface area contributed by atoms with Crippen LogP contribution in [0.15, 0.2) is 47.1 Å². The number of anilines is 1. The first-order valence-electron chi connectivity index (χ1n) is 5.40. The first-order valence-corrected chi connectivity index (χ1v) is 6.19. The van der Waals surface area contributed by atoms with Gasteiger partial charge in [-0.05, 0) is 47.1 Å². The summed E-state index contributed by atoms with van der Waals surface area (Å²) in [7, 11) is 0. The molecule has 0 radical (unpaired) electrons. The number of rotatable bonds is 3. The lowest BCUT2D eigenvalue weighted by Gasteiger charge is -2.07. The largest absolute Gasteiger partial charge is 0.282 e. The number of hydrazine groups is 1. The number of carbonyl (C=O) groups is 1. The smallest absolute Gasteiger partial charge is 0.269 e. The van der Waals surface area contributed by atoms with Crippen LogP contribution in [0.3, 0.4) is 0 Å². The minimum atomic E-state index is -0.195. The summed E-state index contributed by atoms with van der Waals surface area (Å²) in [5.74, 6) is 0.387. The van der Waals surface area contributed by atoms with E-state index >= 15 is 0 Å². The molecule has 0 spiro atoms. The number of halogens is 1.